The maximum absolute atomic E-state index is 12.7. The Balaban J connectivity index is 1.40. The van der Waals surface area contributed by atoms with E-state index < -0.39 is 11.9 Å². The standard InChI is InChI=1S/C17H18F3N5/c18-17(19,20)14-9-21-16(23-14)11-4-6-25(7-5-11)10-13-3-1-2-12-8-22-24-15(12)13/h1-3,8-9,11H,4-7,10H2,(H,21,23)(H,22,24). The summed E-state index contributed by atoms with van der Waals surface area (Å²) in [5, 5.41) is 8.20. The molecule has 0 atom stereocenters. The molecule has 3 heterocycles. The number of piperidine rings is 1. The van der Waals surface area contributed by atoms with Crippen LogP contribution in [-0.2, 0) is 12.7 Å². The molecular weight excluding hydrogens is 331 g/mol. The van der Waals surface area contributed by atoms with Crippen LogP contribution in [0.15, 0.2) is 30.6 Å². The molecule has 5 nitrogen and oxygen atoms in total. The van der Waals surface area contributed by atoms with Crippen LogP contribution in [0.2, 0.25) is 0 Å². The van der Waals surface area contributed by atoms with Crippen LogP contribution in [0.3, 0.4) is 0 Å². The minimum atomic E-state index is -4.37. The van der Waals surface area contributed by atoms with Gasteiger partial charge in [0, 0.05) is 17.8 Å². The highest BCUT2D eigenvalue weighted by Gasteiger charge is 2.34. The van der Waals surface area contributed by atoms with Crippen molar-refractivity contribution in [1.82, 2.24) is 25.1 Å². The number of likely N-dealkylation sites (tertiary alicyclic amines) is 1. The second-order valence-electron chi connectivity index (χ2n) is 6.48. The number of nitrogens with one attached hydrogen (secondary N) is 2. The number of alkyl halides is 3. The molecule has 0 spiro atoms. The van der Waals surface area contributed by atoms with E-state index in [1.165, 1.54) is 5.56 Å². The van der Waals surface area contributed by atoms with Gasteiger partial charge in [-0.15, -0.1) is 0 Å². The monoisotopic (exact) mass is 349 g/mol. The molecule has 4 rings (SSSR count). The van der Waals surface area contributed by atoms with Crippen molar-refractivity contribution in [3.63, 3.8) is 0 Å². The van der Waals surface area contributed by atoms with Crippen molar-refractivity contribution >= 4 is 10.9 Å². The van der Waals surface area contributed by atoms with Crippen molar-refractivity contribution < 1.29 is 13.2 Å². The molecular formula is C17H18F3N5. The highest BCUT2D eigenvalue weighted by atomic mass is 19.4. The molecule has 3 aromatic rings. The summed E-state index contributed by atoms with van der Waals surface area (Å²) in [4.78, 5) is 8.70. The SMILES string of the molecule is FC(F)(F)c1cnc(C2CCN(Cc3cccc4cn[nH]c34)CC2)[nH]1. The van der Waals surface area contributed by atoms with Crippen LogP contribution in [0.4, 0.5) is 13.2 Å². The molecule has 1 aliphatic heterocycles. The van der Waals surface area contributed by atoms with Gasteiger partial charge in [0.05, 0.1) is 17.9 Å². The van der Waals surface area contributed by atoms with Gasteiger partial charge in [-0.3, -0.25) is 10.00 Å². The smallest absolute Gasteiger partial charge is 0.338 e. The van der Waals surface area contributed by atoms with Crippen LogP contribution < -0.4 is 0 Å². The number of H-pyrrole nitrogens is 2. The van der Waals surface area contributed by atoms with Crippen LogP contribution in [0.25, 0.3) is 10.9 Å². The molecule has 8 heteroatoms. The molecule has 0 amide bonds. The fourth-order valence-electron chi connectivity index (χ4n) is 3.46. The van der Waals surface area contributed by atoms with Crippen LogP contribution in [0, 0.1) is 0 Å². The average Bonchev–Trinajstić information content (AvgIpc) is 3.25. The molecule has 0 radical (unpaired) electrons. The van der Waals surface area contributed by atoms with E-state index in [9.17, 15) is 13.2 Å². The molecule has 2 aromatic heterocycles. The number of fused-ring (bicyclic) bond motifs is 1. The van der Waals surface area contributed by atoms with Crippen molar-refractivity contribution in [2.24, 2.45) is 0 Å². The molecule has 0 unspecified atom stereocenters. The summed E-state index contributed by atoms with van der Waals surface area (Å²) >= 11 is 0. The largest absolute Gasteiger partial charge is 0.432 e. The Labute approximate surface area is 142 Å². The van der Waals surface area contributed by atoms with E-state index in [2.05, 4.69) is 31.1 Å². The van der Waals surface area contributed by atoms with Gasteiger partial charge in [-0.05, 0) is 31.5 Å². The van der Waals surface area contributed by atoms with Crippen molar-refractivity contribution in [2.75, 3.05) is 13.1 Å². The summed E-state index contributed by atoms with van der Waals surface area (Å²) in [7, 11) is 0. The summed E-state index contributed by atoms with van der Waals surface area (Å²) in [5.41, 5.74) is 1.46. The summed E-state index contributed by atoms with van der Waals surface area (Å²) in [5.74, 6) is 0.498. The number of benzene rings is 1. The predicted molar refractivity (Wildman–Crippen MR) is 86.9 cm³/mol. The van der Waals surface area contributed by atoms with Gasteiger partial charge in [-0.25, -0.2) is 4.98 Å². The number of nitrogens with zero attached hydrogens (tertiary/aromatic N) is 3. The minimum absolute atomic E-state index is 0.0512. The third-order valence-corrected chi connectivity index (χ3v) is 4.83. The number of imidazole rings is 1. The zero-order chi connectivity index (χ0) is 17.4. The normalized spacial score (nSPS) is 17.4. The first-order chi connectivity index (χ1) is 12.0. The van der Waals surface area contributed by atoms with Gasteiger partial charge in [0.1, 0.15) is 11.5 Å². The van der Waals surface area contributed by atoms with E-state index in [0.717, 1.165) is 49.6 Å². The third kappa shape index (κ3) is 3.26. The summed E-state index contributed by atoms with van der Waals surface area (Å²) in [6.07, 6.45) is -0.0803. The second kappa shape index (κ2) is 6.18. The van der Waals surface area contributed by atoms with Crippen molar-refractivity contribution in [3.05, 3.63) is 47.7 Å². The Morgan fingerprint density at radius 2 is 1.96 bits per heavy atom. The Bertz CT molecular complexity index is 858. The first-order valence-electron chi connectivity index (χ1n) is 8.26. The number of aromatic nitrogens is 4. The van der Waals surface area contributed by atoms with E-state index in [4.69, 9.17) is 0 Å². The Morgan fingerprint density at radius 1 is 1.16 bits per heavy atom. The average molecular weight is 349 g/mol. The molecule has 1 aliphatic rings. The minimum Gasteiger partial charge on any atom is -0.338 e. The van der Waals surface area contributed by atoms with Gasteiger partial charge in [-0.1, -0.05) is 18.2 Å². The fourth-order valence-corrected chi connectivity index (χ4v) is 3.46. The quantitative estimate of drug-likeness (QED) is 0.758. The zero-order valence-electron chi connectivity index (χ0n) is 13.5. The van der Waals surface area contributed by atoms with E-state index in [1.54, 1.807) is 6.20 Å². The highest BCUT2D eigenvalue weighted by molar-refractivity contribution is 5.81. The van der Waals surface area contributed by atoms with Crippen molar-refractivity contribution in [1.29, 1.82) is 0 Å². The van der Waals surface area contributed by atoms with Gasteiger partial charge in [0.15, 0.2) is 0 Å². The first kappa shape index (κ1) is 16.1. The number of rotatable bonds is 3. The van der Waals surface area contributed by atoms with Crippen LogP contribution in [0.1, 0.15) is 35.8 Å². The predicted octanol–water partition coefficient (Wildman–Crippen LogP) is 3.68. The van der Waals surface area contributed by atoms with E-state index in [-0.39, 0.29) is 5.92 Å². The van der Waals surface area contributed by atoms with Gasteiger partial charge in [0.2, 0.25) is 0 Å². The molecule has 0 saturated carbocycles. The Hall–Kier alpha value is -2.35. The van der Waals surface area contributed by atoms with E-state index >= 15 is 0 Å². The molecule has 1 aromatic carbocycles. The molecule has 0 aliphatic carbocycles. The lowest BCUT2D eigenvalue weighted by Gasteiger charge is -2.31. The van der Waals surface area contributed by atoms with Gasteiger partial charge in [-0.2, -0.15) is 18.3 Å². The number of hydrogen-bond acceptors (Lipinski definition) is 3. The van der Waals surface area contributed by atoms with Crippen LogP contribution in [-0.4, -0.2) is 38.2 Å². The molecule has 132 valence electrons. The van der Waals surface area contributed by atoms with Crippen LogP contribution >= 0.6 is 0 Å². The topological polar surface area (TPSA) is 60.6 Å². The Morgan fingerprint density at radius 3 is 2.68 bits per heavy atom. The van der Waals surface area contributed by atoms with Gasteiger partial charge < -0.3 is 4.98 Å². The molecule has 0 bridgehead atoms. The van der Waals surface area contributed by atoms with Gasteiger partial charge >= 0.3 is 6.18 Å². The molecule has 25 heavy (non-hydrogen) atoms. The van der Waals surface area contributed by atoms with E-state index in [1.807, 2.05) is 12.1 Å². The molecule has 1 fully saturated rings. The highest BCUT2D eigenvalue weighted by Crippen LogP contribution is 2.32. The lowest BCUT2D eigenvalue weighted by Crippen LogP contribution is -2.32. The third-order valence-electron chi connectivity index (χ3n) is 4.83. The summed E-state index contributed by atoms with van der Waals surface area (Å²) in [6.45, 7) is 2.46. The number of hydrogen-bond donors (Lipinski definition) is 2. The Kier molecular flexibility index (Phi) is 3.99. The molecule has 2 N–H and O–H groups in total. The molecule has 1 saturated heterocycles. The van der Waals surface area contributed by atoms with Crippen molar-refractivity contribution in [3.8, 4) is 0 Å². The van der Waals surface area contributed by atoms with E-state index in [0.29, 0.717) is 5.82 Å². The van der Waals surface area contributed by atoms with Crippen LogP contribution in [0.5, 0.6) is 0 Å². The lowest BCUT2D eigenvalue weighted by molar-refractivity contribution is -0.141. The number of halogens is 3. The second-order valence-corrected chi connectivity index (χ2v) is 6.48. The zero-order valence-corrected chi connectivity index (χ0v) is 13.5. The maximum atomic E-state index is 12.7. The maximum Gasteiger partial charge on any atom is 0.432 e. The fraction of sp³-hybridized carbons (Fsp3) is 0.412. The first-order valence-corrected chi connectivity index (χ1v) is 8.26. The number of para-hydroxylation sites is 1. The lowest BCUT2D eigenvalue weighted by atomic mass is 9.95. The summed E-state index contributed by atoms with van der Waals surface area (Å²) < 4.78 is 38.1. The number of aromatic amines is 2. The summed E-state index contributed by atoms with van der Waals surface area (Å²) in [6, 6.07) is 6.11. The van der Waals surface area contributed by atoms with Crippen molar-refractivity contribution in [2.45, 2.75) is 31.5 Å². The van der Waals surface area contributed by atoms with Gasteiger partial charge in [0.25, 0.3) is 0 Å².